The summed E-state index contributed by atoms with van der Waals surface area (Å²) >= 11 is 6.38. The minimum absolute atomic E-state index is 0.0210. The van der Waals surface area contributed by atoms with Crippen LogP contribution in [0.5, 0.6) is 0 Å². The topological polar surface area (TPSA) is 134 Å². The minimum atomic E-state index is -0.0210. The van der Waals surface area contributed by atoms with Crippen LogP contribution >= 0.6 is 11.6 Å². The Balaban J connectivity index is 1.08. The molecule has 0 saturated carbocycles. The second-order valence-electron chi connectivity index (χ2n) is 10.3. The van der Waals surface area contributed by atoms with Crippen molar-refractivity contribution in [3.8, 4) is 0 Å². The van der Waals surface area contributed by atoms with E-state index in [4.69, 9.17) is 16.0 Å². The molecule has 0 spiro atoms. The number of hydrogen-bond donors (Lipinski definition) is 3. The van der Waals surface area contributed by atoms with E-state index in [9.17, 15) is 4.79 Å². The van der Waals surface area contributed by atoms with Gasteiger partial charge in [-0.25, -0.2) is 9.97 Å². The van der Waals surface area contributed by atoms with E-state index in [-0.39, 0.29) is 11.8 Å². The first-order valence-electron chi connectivity index (χ1n) is 13.5. The lowest BCUT2D eigenvalue weighted by Gasteiger charge is -2.16. The van der Waals surface area contributed by atoms with Crippen LogP contribution in [0, 0.1) is 5.92 Å². The summed E-state index contributed by atoms with van der Waals surface area (Å²) in [5.41, 5.74) is 5.70. The third-order valence-electron chi connectivity index (χ3n) is 7.31. The molecule has 1 amide bonds. The molecule has 0 radical (unpaired) electrons. The molecule has 2 aliphatic heterocycles. The average Bonchev–Trinajstić information content (AvgIpc) is 3.62. The number of pyridine rings is 2. The number of carbonyl (C=O) groups is 1. The zero-order valence-corrected chi connectivity index (χ0v) is 22.7. The van der Waals surface area contributed by atoms with Crippen molar-refractivity contribution in [2.75, 3.05) is 33.9 Å². The summed E-state index contributed by atoms with van der Waals surface area (Å²) in [6.07, 6.45) is 9.55. The number of oxazole rings is 1. The van der Waals surface area contributed by atoms with Gasteiger partial charge in [0.15, 0.2) is 5.82 Å². The second-order valence-corrected chi connectivity index (χ2v) is 10.7. The van der Waals surface area contributed by atoms with Crippen molar-refractivity contribution in [1.82, 2.24) is 24.9 Å². The predicted octanol–water partition coefficient (Wildman–Crippen LogP) is 5.50. The maximum Gasteiger partial charge on any atom is 0.299 e. The summed E-state index contributed by atoms with van der Waals surface area (Å²) in [4.78, 5) is 37.2. The van der Waals surface area contributed by atoms with Crippen LogP contribution in [0.15, 0.2) is 65.6 Å². The maximum atomic E-state index is 13.2. The normalized spacial score (nSPS) is 16.2. The molecule has 2 aliphatic rings. The Labute approximate surface area is 240 Å². The lowest BCUT2D eigenvalue weighted by Crippen LogP contribution is -2.22. The highest BCUT2D eigenvalue weighted by atomic mass is 35.5. The Bertz CT molecular complexity index is 1720. The number of rotatable bonds is 4. The molecular formula is C29H26ClN9O2. The lowest BCUT2D eigenvalue weighted by molar-refractivity contribution is -0.116. The number of aromatic nitrogens is 5. The van der Waals surface area contributed by atoms with Gasteiger partial charge in [-0.1, -0.05) is 11.6 Å². The average molecular weight is 568 g/mol. The van der Waals surface area contributed by atoms with Gasteiger partial charge in [-0.15, -0.1) is 0 Å². The summed E-state index contributed by atoms with van der Waals surface area (Å²) in [5, 5.41) is 10.0. The molecule has 1 atom stereocenters. The van der Waals surface area contributed by atoms with Crippen LogP contribution in [-0.4, -0.2) is 43.9 Å². The van der Waals surface area contributed by atoms with E-state index in [1.54, 1.807) is 18.6 Å². The van der Waals surface area contributed by atoms with Crippen LogP contribution in [-0.2, 0) is 17.6 Å². The molecule has 206 valence electrons. The van der Waals surface area contributed by atoms with Gasteiger partial charge in [-0.05, 0) is 72.7 Å². The van der Waals surface area contributed by atoms with Gasteiger partial charge in [0, 0.05) is 43.3 Å². The highest BCUT2D eigenvalue weighted by Crippen LogP contribution is 2.31. The third-order valence-corrected chi connectivity index (χ3v) is 7.58. The molecule has 0 aliphatic carbocycles. The van der Waals surface area contributed by atoms with E-state index in [1.807, 2.05) is 42.6 Å². The highest BCUT2D eigenvalue weighted by molar-refractivity contribution is 6.32. The molecule has 41 heavy (non-hydrogen) atoms. The summed E-state index contributed by atoms with van der Waals surface area (Å²) < 4.78 is 5.82. The first-order chi connectivity index (χ1) is 20.1. The highest BCUT2D eigenvalue weighted by Gasteiger charge is 2.28. The van der Waals surface area contributed by atoms with Crippen molar-refractivity contribution in [2.45, 2.75) is 25.7 Å². The van der Waals surface area contributed by atoms with E-state index < -0.39 is 0 Å². The van der Waals surface area contributed by atoms with Crippen LogP contribution in [0.25, 0.3) is 11.2 Å². The number of nitrogens with one attached hydrogen (secondary N) is 3. The van der Waals surface area contributed by atoms with Gasteiger partial charge >= 0.3 is 0 Å². The number of fused-ring (bicyclic) bond motifs is 7. The van der Waals surface area contributed by atoms with Gasteiger partial charge < -0.3 is 25.3 Å². The number of amides is 1. The number of nitrogens with zero attached hydrogens (tertiary/aromatic N) is 6. The molecule has 3 N–H and O–H groups in total. The molecule has 1 fully saturated rings. The standard InChI is InChI=1S/C29H26ClN9O2/c30-22-15-33-28-35-21-10-17(13-31-14-21)3-4-19-12-20(34-26(22)38-28)5-6-23(19)36-25(40)11-18-7-9-39(16-18)29-37-24-2-1-8-32-27(24)41-29/h1-2,5-6,8,10,12-15,18H,3-4,7,9,11,16H2,(H,36,40)(H2,33,34,35,38)/t18-/m0/s1. The lowest BCUT2D eigenvalue weighted by atomic mass is 10.0. The second kappa shape index (κ2) is 10.7. The van der Waals surface area contributed by atoms with Crippen molar-refractivity contribution < 1.29 is 9.21 Å². The van der Waals surface area contributed by atoms with Crippen molar-refractivity contribution in [3.05, 3.63) is 77.3 Å². The first kappa shape index (κ1) is 25.2. The fraction of sp³-hybridized carbons (Fsp3) is 0.241. The van der Waals surface area contributed by atoms with Gasteiger partial charge in [-0.3, -0.25) is 9.78 Å². The summed E-state index contributed by atoms with van der Waals surface area (Å²) in [7, 11) is 0. The van der Waals surface area contributed by atoms with Crippen molar-refractivity contribution in [2.24, 2.45) is 5.92 Å². The fourth-order valence-electron chi connectivity index (χ4n) is 5.28. The zero-order chi connectivity index (χ0) is 27.8. The molecule has 6 bridgehead atoms. The first-order valence-corrected chi connectivity index (χ1v) is 13.8. The summed E-state index contributed by atoms with van der Waals surface area (Å²) in [6.45, 7) is 1.49. The van der Waals surface area contributed by atoms with Gasteiger partial charge in [0.2, 0.25) is 17.6 Å². The van der Waals surface area contributed by atoms with Gasteiger partial charge in [0.1, 0.15) is 10.5 Å². The quantitative estimate of drug-likeness (QED) is 0.255. The van der Waals surface area contributed by atoms with Gasteiger partial charge in [0.05, 0.1) is 18.1 Å². The number of carbonyl (C=O) groups excluding carboxylic acids is 1. The molecule has 0 unspecified atom stereocenters. The van der Waals surface area contributed by atoms with Gasteiger partial charge in [-0.2, -0.15) is 9.97 Å². The van der Waals surface area contributed by atoms with Crippen molar-refractivity contribution >= 4 is 63.6 Å². The Kier molecular flexibility index (Phi) is 6.56. The monoisotopic (exact) mass is 567 g/mol. The molecule has 12 heteroatoms. The summed E-state index contributed by atoms with van der Waals surface area (Å²) in [5.74, 6) is 1.07. The Morgan fingerprint density at radius 3 is 2.95 bits per heavy atom. The van der Waals surface area contributed by atoms with E-state index in [2.05, 4.69) is 45.8 Å². The van der Waals surface area contributed by atoms with Crippen LogP contribution in [0.1, 0.15) is 24.0 Å². The number of hydrogen-bond acceptors (Lipinski definition) is 10. The molecule has 5 aromatic rings. The fourth-order valence-corrected chi connectivity index (χ4v) is 5.42. The molecule has 11 nitrogen and oxygen atoms in total. The number of halogens is 1. The largest absolute Gasteiger partial charge is 0.404 e. The van der Waals surface area contributed by atoms with E-state index >= 15 is 0 Å². The van der Waals surface area contributed by atoms with E-state index in [0.717, 1.165) is 53.1 Å². The van der Waals surface area contributed by atoms with Crippen molar-refractivity contribution in [3.63, 3.8) is 0 Å². The molecule has 6 heterocycles. The zero-order valence-electron chi connectivity index (χ0n) is 22.0. The van der Waals surface area contributed by atoms with Crippen LogP contribution in [0.3, 0.4) is 0 Å². The number of anilines is 6. The van der Waals surface area contributed by atoms with Crippen LogP contribution in [0.4, 0.5) is 34.8 Å². The molecule has 7 rings (SSSR count). The van der Waals surface area contributed by atoms with Gasteiger partial charge in [0.25, 0.3) is 6.01 Å². The SMILES string of the molecule is O=C(C[C@@H]1CCN(c2nc3cccnc3o2)C1)Nc1ccc2cc1CCc1cncc(c1)Nc1ncc(Cl)c(n1)N2. The Hall–Kier alpha value is -4.77. The molecular weight excluding hydrogens is 542 g/mol. The smallest absolute Gasteiger partial charge is 0.299 e. The number of benzene rings is 1. The number of aryl methyl sites for hydroxylation is 2. The Morgan fingerprint density at radius 2 is 2.02 bits per heavy atom. The van der Waals surface area contributed by atoms with E-state index in [0.29, 0.717) is 47.9 Å². The molecule has 1 aromatic carbocycles. The minimum Gasteiger partial charge on any atom is -0.404 e. The predicted molar refractivity (Wildman–Crippen MR) is 157 cm³/mol. The maximum absolute atomic E-state index is 13.2. The third kappa shape index (κ3) is 5.48. The van der Waals surface area contributed by atoms with E-state index in [1.165, 1.54) is 0 Å². The molecule has 1 saturated heterocycles. The van der Waals surface area contributed by atoms with Crippen LogP contribution in [0.2, 0.25) is 5.02 Å². The summed E-state index contributed by atoms with van der Waals surface area (Å²) in [6, 6.07) is 12.2. The van der Waals surface area contributed by atoms with Crippen LogP contribution < -0.4 is 20.9 Å². The van der Waals surface area contributed by atoms with Crippen molar-refractivity contribution in [1.29, 1.82) is 0 Å². The Morgan fingerprint density at radius 1 is 1.07 bits per heavy atom. The molecule has 4 aromatic heterocycles.